The second-order valence-electron chi connectivity index (χ2n) is 3.91. The van der Waals surface area contributed by atoms with Crippen LogP contribution in [0.5, 0.6) is 11.5 Å². The molecule has 0 aromatic heterocycles. The molecule has 1 atom stereocenters. The van der Waals surface area contributed by atoms with Crippen molar-refractivity contribution in [2.24, 2.45) is 5.73 Å². The van der Waals surface area contributed by atoms with Crippen LogP contribution in [0, 0.1) is 12.7 Å². The highest BCUT2D eigenvalue weighted by molar-refractivity contribution is 5.50. The van der Waals surface area contributed by atoms with Crippen LogP contribution in [0.15, 0.2) is 6.07 Å². The van der Waals surface area contributed by atoms with E-state index in [0.29, 0.717) is 17.7 Å². The third-order valence-corrected chi connectivity index (χ3v) is 2.39. The van der Waals surface area contributed by atoms with E-state index in [1.807, 2.05) is 13.8 Å². The number of aryl methyl sites for hydroxylation is 1. The van der Waals surface area contributed by atoms with E-state index in [-0.39, 0.29) is 17.6 Å². The maximum absolute atomic E-state index is 14.0. The van der Waals surface area contributed by atoms with Gasteiger partial charge in [0.05, 0.1) is 14.2 Å². The topological polar surface area (TPSA) is 44.5 Å². The monoisotopic (exact) mass is 227 g/mol. The molecule has 0 fully saturated rings. The van der Waals surface area contributed by atoms with E-state index < -0.39 is 0 Å². The number of halogens is 1. The van der Waals surface area contributed by atoms with Gasteiger partial charge >= 0.3 is 0 Å². The molecular formula is C12H18FNO2. The molecule has 4 heteroatoms. The van der Waals surface area contributed by atoms with Crippen molar-refractivity contribution < 1.29 is 13.9 Å². The predicted molar refractivity (Wildman–Crippen MR) is 61.6 cm³/mol. The predicted octanol–water partition coefficient (Wildman–Crippen LogP) is 2.04. The summed E-state index contributed by atoms with van der Waals surface area (Å²) < 4.78 is 24.1. The van der Waals surface area contributed by atoms with E-state index >= 15 is 0 Å². The summed E-state index contributed by atoms with van der Waals surface area (Å²) in [4.78, 5) is 0. The molecule has 0 bridgehead atoms. The second-order valence-corrected chi connectivity index (χ2v) is 3.91. The molecule has 0 aliphatic rings. The molecule has 3 nitrogen and oxygen atoms in total. The van der Waals surface area contributed by atoms with Crippen LogP contribution in [0.4, 0.5) is 4.39 Å². The van der Waals surface area contributed by atoms with Gasteiger partial charge in [-0.1, -0.05) is 0 Å². The summed E-state index contributed by atoms with van der Waals surface area (Å²) in [6.07, 6.45) is 0.479. The lowest BCUT2D eigenvalue weighted by molar-refractivity contribution is 0.334. The average Bonchev–Trinajstić information content (AvgIpc) is 2.21. The van der Waals surface area contributed by atoms with Gasteiger partial charge in [-0.3, -0.25) is 0 Å². The maximum atomic E-state index is 14.0. The highest BCUT2D eigenvalue weighted by Crippen LogP contribution is 2.35. The molecule has 16 heavy (non-hydrogen) atoms. The van der Waals surface area contributed by atoms with Crippen molar-refractivity contribution in [2.45, 2.75) is 26.3 Å². The number of rotatable bonds is 4. The Bertz CT molecular complexity index is 378. The van der Waals surface area contributed by atoms with Gasteiger partial charge in [0.1, 0.15) is 0 Å². The first-order chi connectivity index (χ1) is 7.51. The first kappa shape index (κ1) is 12.8. The third kappa shape index (κ3) is 2.44. The van der Waals surface area contributed by atoms with Gasteiger partial charge in [-0.2, -0.15) is 0 Å². The van der Waals surface area contributed by atoms with Gasteiger partial charge in [-0.25, -0.2) is 4.39 Å². The molecule has 1 unspecified atom stereocenters. The Labute approximate surface area is 95.4 Å². The number of hydrogen-bond donors (Lipinski definition) is 1. The van der Waals surface area contributed by atoms with Crippen LogP contribution in [-0.4, -0.2) is 20.3 Å². The van der Waals surface area contributed by atoms with Crippen molar-refractivity contribution in [3.05, 3.63) is 23.0 Å². The first-order valence-corrected chi connectivity index (χ1v) is 5.16. The van der Waals surface area contributed by atoms with Crippen LogP contribution >= 0.6 is 0 Å². The van der Waals surface area contributed by atoms with Gasteiger partial charge in [-0.15, -0.1) is 0 Å². The fourth-order valence-corrected chi connectivity index (χ4v) is 1.75. The van der Waals surface area contributed by atoms with E-state index in [9.17, 15) is 4.39 Å². The van der Waals surface area contributed by atoms with E-state index in [1.54, 1.807) is 6.07 Å². The lowest BCUT2D eigenvalue weighted by Gasteiger charge is -2.15. The summed E-state index contributed by atoms with van der Waals surface area (Å²) in [6.45, 7) is 3.69. The summed E-state index contributed by atoms with van der Waals surface area (Å²) in [7, 11) is 2.92. The zero-order valence-electron chi connectivity index (χ0n) is 10.1. The zero-order chi connectivity index (χ0) is 12.3. The van der Waals surface area contributed by atoms with Gasteiger partial charge in [0.2, 0.25) is 0 Å². The molecule has 0 spiro atoms. The summed E-state index contributed by atoms with van der Waals surface area (Å²) in [6, 6.07) is 1.66. The lowest BCUT2D eigenvalue weighted by atomic mass is 10.0. The van der Waals surface area contributed by atoms with Gasteiger partial charge in [0.15, 0.2) is 17.3 Å². The van der Waals surface area contributed by atoms with E-state index in [4.69, 9.17) is 15.2 Å². The highest BCUT2D eigenvalue weighted by Gasteiger charge is 2.18. The van der Waals surface area contributed by atoms with Crippen molar-refractivity contribution in [3.63, 3.8) is 0 Å². The smallest absolute Gasteiger partial charge is 0.197 e. The van der Waals surface area contributed by atoms with E-state index in [0.717, 1.165) is 5.56 Å². The minimum Gasteiger partial charge on any atom is -0.492 e. The summed E-state index contributed by atoms with van der Waals surface area (Å²) in [5.74, 6) is 0.203. The zero-order valence-corrected chi connectivity index (χ0v) is 10.1. The van der Waals surface area contributed by atoms with Crippen molar-refractivity contribution in [2.75, 3.05) is 14.2 Å². The largest absolute Gasteiger partial charge is 0.492 e. The molecule has 1 rings (SSSR count). The minimum atomic E-state index is -0.387. The maximum Gasteiger partial charge on any atom is 0.197 e. The number of ether oxygens (including phenoxy) is 2. The molecule has 0 saturated heterocycles. The van der Waals surface area contributed by atoms with Crippen molar-refractivity contribution in [3.8, 4) is 11.5 Å². The van der Waals surface area contributed by atoms with Crippen molar-refractivity contribution in [1.29, 1.82) is 0 Å². The van der Waals surface area contributed by atoms with Gasteiger partial charge < -0.3 is 15.2 Å². The van der Waals surface area contributed by atoms with Gasteiger partial charge in [0.25, 0.3) is 0 Å². The molecule has 1 aromatic carbocycles. The number of benzene rings is 1. The molecule has 0 radical (unpaired) electrons. The van der Waals surface area contributed by atoms with E-state index in [2.05, 4.69) is 0 Å². The third-order valence-electron chi connectivity index (χ3n) is 2.39. The molecule has 0 saturated carbocycles. The second kappa shape index (κ2) is 5.16. The number of nitrogens with two attached hydrogens (primary N) is 1. The Morgan fingerprint density at radius 3 is 2.31 bits per heavy atom. The quantitative estimate of drug-likeness (QED) is 0.856. The van der Waals surface area contributed by atoms with Crippen LogP contribution in [-0.2, 0) is 6.42 Å². The fraction of sp³-hybridized carbons (Fsp3) is 0.500. The Morgan fingerprint density at radius 1 is 1.31 bits per heavy atom. The van der Waals surface area contributed by atoms with Crippen molar-refractivity contribution in [1.82, 2.24) is 0 Å². The SMILES string of the molecule is COc1c(C)cc(CC(C)N)c(F)c1OC. The lowest BCUT2D eigenvalue weighted by Crippen LogP contribution is -2.19. The highest BCUT2D eigenvalue weighted by atomic mass is 19.1. The first-order valence-electron chi connectivity index (χ1n) is 5.16. The average molecular weight is 227 g/mol. The molecule has 1 aromatic rings. The minimum absolute atomic E-state index is 0.0907. The van der Waals surface area contributed by atoms with Crippen LogP contribution in [0.3, 0.4) is 0 Å². The van der Waals surface area contributed by atoms with Crippen molar-refractivity contribution >= 4 is 0 Å². The summed E-state index contributed by atoms with van der Waals surface area (Å²) in [5.41, 5.74) is 7.07. The molecule has 90 valence electrons. The number of methoxy groups -OCH3 is 2. The fourth-order valence-electron chi connectivity index (χ4n) is 1.75. The van der Waals surface area contributed by atoms with Crippen LogP contribution in [0.25, 0.3) is 0 Å². The molecule has 0 amide bonds. The van der Waals surface area contributed by atoms with Gasteiger partial charge in [-0.05, 0) is 37.5 Å². The summed E-state index contributed by atoms with van der Waals surface area (Å²) >= 11 is 0. The van der Waals surface area contributed by atoms with Crippen LogP contribution in [0.2, 0.25) is 0 Å². The van der Waals surface area contributed by atoms with Crippen LogP contribution in [0.1, 0.15) is 18.1 Å². The Morgan fingerprint density at radius 2 is 1.88 bits per heavy atom. The molecule has 2 N–H and O–H groups in total. The van der Waals surface area contributed by atoms with Crippen LogP contribution < -0.4 is 15.2 Å². The molecule has 0 aliphatic heterocycles. The standard InChI is InChI=1S/C12H18FNO2/c1-7-5-9(6-8(2)14)10(13)12(16-4)11(7)15-3/h5,8H,6,14H2,1-4H3. The Hall–Kier alpha value is -1.29. The molecule has 0 aliphatic carbocycles. The number of hydrogen-bond acceptors (Lipinski definition) is 3. The molecule has 0 heterocycles. The Kier molecular flexibility index (Phi) is 4.12. The van der Waals surface area contributed by atoms with E-state index in [1.165, 1.54) is 14.2 Å². The summed E-state index contributed by atoms with van der Waals surface area (Å²) in [5, 5.41) is 0. The van der Waals surface area contributed by atoms with Gasteiger partial charge in [0, 0.05) is 6.04 Å². The molecular weight excluding hydrogens is 209 g/mol. The Balaban J connectivity index is 3.28. The normalized spacial score (nSPS) is 12.4.